The number of nitro groups is 1. The zero-order valence-electron chi connectivity index (χ0n) is 10.9. The molecule has 1 aliphatic rings. The van der Waals surface area contributed by atoms with E-state index in [0.717, 1.165) is 12.6 Å². The predicted octanol–water partition coefficient (Wildman–Crippen LogP) is 1.39. The predicted molar refractivity (Wildman–Crippen MR) is 66.6 cm³/mol. The molecule has 1 aromatic carbocycles. The molecule has 1 atom stereocenters. The molecule has 0 aromatic heterocycles. The molecule has 0 amide bonds. The van der Waals surface area contributed by atoms with E-state index in [1.54, 1.807) is 4.90 Å². The van der Waals surface area contributed by atoms with Gasteiger partial charge in [0.1, 0.15) is 11.7 Å². The Morgan fingerprint density at radius 1 is 1.45 bits per heavy atom. The second-order valence-electron chi connectivity index (χ2n) is 4.91. The van der Waals surface area contributed by atoms with Crippen molar-refractivity contribution >= 4 is 11.4 Å². The van der Waals surface area contributed by atoms with Crippen LogP contribution in [0.5, 0.6) is 0 Å². The molecule has 2 N–H and O–H groups in total. The van der Waals surface area contributed by atoms with Crippen LogP contribution in [0, 0.1) is 10.1 Å². The topological polar surface area (TPSA) is 63.0 Å². The van der Waals surface area contributed by atoms with Gasteiger partial charge in [-0.2, -0.15) is 13.2 Å². The van der Waals surface area contributed by atoms with E-state index in [9.17, 15) is 23.3 Å². The first kappa shape index (κ1) is 14.6. The number of nitrogens with zero attached hydrogens (tertiary/aromatic N) is 2. The van der Waals surface area contributed by atoms with Crippen molar-refractivity contribution in [1.29, 1.82) is 0 Å². The zero-order valence-corrected chi connectivity index (χ0v) is 10.9. The molecule has 0 aliphatic carbocycles. The van der Waals surface area contributed by atoms with E-state index in [4.69, 9.17) is 0 Å². The van der Waals surface area contributed by atoms with Gasteiger partial charge in [-0.25, -0.2) is 0 Å². The van der Waals surface area contributed by atoms with Crippen molar-refractivity contribution in [3.8, 4) is 0 Å². The number of hydrogen-bond donors (Lipinski definition) is 1. The van der Waals surface area contributed by atoms with Crippen LogP contribution in [0.15, 0.2) is 18.2 Å². The van der Waals surface area contributed by atoms with Gasteiger partial charge >= 0.3 is 6.18 Å². The van der Waals surface area contributed by atoms with Crippen LogP contribution in [0.3, 0.4) is 0 Å². The van der Waals surface area contributed by atoms with Crippen LogP contribution in [-0.4, -0.2) is 30.6 Å². The Kier molecular flexibility index (Phi) is 3.85. The molecule has 1 aliphatic heterocycles. The van der Waals surface area contributed by atoms with Gasteiger partial charge in [-0.1, -0.05) is 0 Å². The van der Waals surface area contributed by atoms with Gasteiger partial charge in [-0.3, -0.25) is 10.1 Å². The number of benzene rings is 1. The van der Waals surface area contributed by atoms with Gasteiger partial charge in [0.05, 0.1) is 30.1 Å². The van der Waals surface area contributed by atoms with E-state index < -0.39 is 22.4 Å². The highest BCUT2D eigenvalue weighted by atomic mass is 19.4. The lowest BCUT2D eigenvalue weighted by Gasteiger charge is -2.30. The summed E-state index contributed by atoms with van der Waals surface area (Å²) in [5, 5.41) is 13.1. The minimum Gasteiger partial charge on any atom is -0.354 e. The summed E-state index contributed by atoms with van der Waals surface area (Å²) < 4.78 is 37.9. The standard InChI is InChI=1S/C12H14F3N3O2/c1-8-7-17(5-4-16-8)10-3-2-9(12(13,14)15)6-11(10)18(19)20/h2-3,6,8,16H,4-5,7H2,1H3/p+1/t8-/m0/s1. The number of quaternary nitrogens is 1. The number of hydrogen-bond acceptors (Lipinski definition) is 3. The van der Waals surface area contributed by atoms with Gasteiger partial charge < -0.3 is 10.2 Å². The molecule has 0 bridgehead atoms. The maximum absolute atomic E-state index is 12.6. The summed E-state index contributed by atoms with van der Waals surface area (Å²) >= 11 is 0. The first-order chi connectivity index (χ1) is 9.29. The third-order valence-corrected chi connectivity index (χ3v) is 3.32. The molecule has 0 saturated carbocycles. The second-order valence-corrected chi connectivity index (χ2v) is 4.91. The normalized spacial score (nSPS) is 20.0. The first-order valence-corrected chi connectivity index (χ1v) is 6.23. The lowest BCUT2D eigenvalue weighted by Crippen LogP contribution is -2.94. The van der Waals surface area contributed by atoms with E-state index in [-0.39, 0.29) is 11.7 Å². The lowest BCUT2D eigenvalue weighted by molar-refractivity contribution is -0.687. The Labute approximate surface area is 113 Å². The van der Waals surface area contributed by atoms with Crippen LogP contribution < -0.4 is 10.2 Å². The smallest absolute Gasteiger partial charge is 0.354 e. The van der Waals surface area contributed by atoms with E-state index >= 15 is 0 Å². The molecule has 110 valence electrons. The Bertz CT molecular complexity index is 519. The fraction of sp³-hybridized carbons (Fsp3) is 0.500. The van der Waals surface area contributed by atoms with Gasteiger partial charge in [0.2, 0.25) is 0 Å². The quantitative estimate of drug-likeness (QED) is 0.661. The number of halogens is 3. The molecule has 1 heterocycles. The van der Waals surface area contributed by atoms with Crippen molar-refractivity contribution in [1.82, 2.24) is 0 Å². The number of nitrogens with two attached hydrogens (primary N) is 1. The summed E-state index contributed by atoms with van der Waals surface area (Å²) in [6, 6.07) is 2.95. The van der Waals surface area contributed by atoms with Crippen molar-refractivity contribution in [3.63, 3.8) is 0 Å². The van der Waals surface area contributed by atoms with E-state index in [1.165, 1.54) is 6.07 Å². The average molecular weight is 290 g/mol. The minimum atomic E-state index is -4.58. The van der Waals surface area contributed by atoms with Crippen LogP contribution in [0.2, 0.25) is 0 Å². The van der Waals surface area contributed by atoms with Crippen molar-refractivity contribution in [2.75, 3.05) is 24.5 Å². The van der Waals surface area contributed by atoms with Gasteiger partial charge in [-0.15, -0.1) is 0 Å². The monoisotopic (exact) mass is 290 g/mol. The molecule has 1 fully saturated rings. The van der Waals surface area contributed by atoms with Gasteiger partial charge in [0.25, 0.3) is 5.69 Å². The summed E-state index contributed by atoms with van der Waals surface area (Å²) in [6.07, 6.45) is -4.58. The Morgan fingerprint density at radius 3 is 2.70 bits per heavy atom. The fourth-order valence-electron chi connectivity index (χ4n) is 2.36. The number of nitro benzene ring substituents is 1. The summed E-state index contributed by atoms with van der Waals surface area (Å²) in [7, 11) is 0. The van der Waals surface area contributed by atoms with Gasteiger partial charge in [0.15, 0.2) is 0 Å². The van der Waals surface area contributed by atoms with Crippen molar-refractivity contribution < 1.29 is 23.4 Å². The van der Waals surface area contributed by atoms with Crippen LogP contribution >= 0.6 is 0 Å². The highest BCUT2D eigenvalue weighted by molar-refractivity contribution is 5.64. The second kappa shape index (κ2) is 5.28. The molecule has 20 heavy (non-hydrogen) atoms. The van der Waals surface area contributed by atoms with Gasteiger partial charge in [0, 0.05) is 6.07 Å². The Morgan fingerprint density at radius 2 is 2.15 bits per heavy atom. The zero-order chi connectivity index (χ0) is 14.9. The third kappa shape index (κ3) is 3.01. The van der Waals surface area contributed by atoms with Gasteiger partial charge in [-0.05, 0) is 19.1 Å². The molecular weight excluding hydrogens is 275 g/mol. The molecule has 5 nitrogen and oxygen atoms in total. The average Bonchev–Trinajstić information content (AvgIpc) is 2.37. The summed E-state index contributed by atoms with van der Waals surface area (Å²) in [6.45, 7) is 3.89. The molecule has 0 spiro atoms. The van der Waals surface area contributed by atoms with Crippen molar-refractivity contribution in [2.24, 2.45) is 0 Å². The third-order valence-electron chi connectivity index (χ3n) is 3.32. The minimum absolute atomic E-state index is 0.253. The maximum atomic E-state index is 12.6. The summed E-state index contributed by atoms with van der Waals surface area (Å²) in [5.41, 5.74) is -1.23. The first-order valence-electron chi connectivity index (χ1n) is 6.23. The molecule has 8 heteroatoms. The number of piperazine rings is 1. The van der Waals surface area contributed by atoms with Crippen LogP contribution in [0.1, 0.15) is 12.5 Å². The molecule has 2 rings (SSSR count). The highest BCUT2D eigenvalue weighted by Gasteiger charge is 2.34. The van der Waals surface area contributed by atoms with Crippen molar-refractivity contribution in [2.45, 2.75) is 19.1 Å². The Balaban J connectivity index is 2.40. The molecule has 0 unspecified atom stereocenters. The summed E-state index contributed by atoms with van der Waals surface area (Å²) in [5.74, 6) is 0. The fourth-order valence-corrected chi connectivity index (χ4v) is 2.36. The van der Waals surface area contributed by atoms with E-state index in [0.29, 0.717) is 19.2 Å². The van der Waals surface area contributed by atoms with Crippen molar-refractivity contribution in [3.05, 3.63) is 33.9 Å². The number of rotatable bonds is 2. The Hall–Kier alpha value is -1.83. The van der Waals surface area contributed by atoms with Crippen LogP contribution in [0.4, 0.5) is 24.5 Å². The van der Waals surface area contributed by atoms with Crippen LogP contribution in [-0.2, 0) is 6.18 Å². The largest absolute Gasteiger partial charge is 0.416 e. The summed E-state index contributed by atoms with van der Waals surface area (Å²) in [4.78, 5) is 12.0. The molecule has 1 aromatic rings. The number of anilines is 1. The molecular formula is C12H15F3N3O2+. The number of alkyl halides is 3. The lowest BCUT2D eigenvalue weighted by atomic mass is 10.1. The molecule has 1 saturated heterocycles. The maximum Gasteiger partial charge on any atom is 0.416 e. The highest BCUT2D eigenvalue weighted by Crippen LogP contribution is 2.36. The SMILES string of the molecule is C[C@H]1CN(c2ccc(C(F)(F)F)cc2[N+](=O)[O-])CC[NH2+]1. The van der Waals surface area contributed by atoms with E-state index in [2.05, 4.69) is 5.32 Å². The van der Waals surface area contributed by atoms with E-state index in [1.807, 2.05) is 6.92 Å². The molecule has 0 radical (unpaired) electrons. The van der Waals surface area contributed by atoms with Crippen LogP contribution in [0.25, 0.3) is 0 Å².